The Morgan fingerprint density at radius 3 is 2.74 bits per heavy atom. The van der Waals surface area contributed by atoms with Crippen LogP contribution in [0.15, 0.2) is 24.3 Å². The lowest BCUT2D eigenvalue weighted by molar-refractivity contribution is -0.0498. The van der Waals surface area contributed by atoms with Gasteiger partial charge in [0.1, 0.15) is 10.6 Å². The molecule has 2 aromatic rings. The van der Waals surface area contributed by atoms with Crippen LogP contribution in [0.3, 0.4) is 0 Å². The Hall–Kier alpha value is -1.64. The first-order valence-corrected chi connectivity index (χ1v) is 10.7. The van der Waals surface area contributed by atoms with Crippen molar-refractivity contribution in [2.24, 2.45) is 0 Å². The van der Waals surface area contributed by atoms with E-state index in [-0.39, 0.29) is 10.6 Å². The monoisotopic (exact) mass is 412 g/mol. The van der Waals surface area contributed by atoms with E-state index in [0.717, 1.165) is 58.5 Å². The summed E-state index contributed by atoms with van der Waals surface area (Å²) in [6, 6.07) is 7.26. The molecule has 0 unspecified atom stereocenters. The fourth-order valence-electron chi connectivity index (χ4n) is 3.00. The highest BCUT2D eigenvalue weighted by atomic mass is 32.2. The second-order valence-electron chi connectivity index (χ2n) is 6.36. The SMILES string of the molecule is Cc1cc(OC(F)F)c(C(=O)Nc2cccc(CN3CCSCC3)c2C)s1. The maximum absolute atomic E-state index is 12.6. The Labute approximate surface area is 165 Å². The van der Waals surface area contributed by atoms with Crippen LogP contribution in [0, 0.1) is 13.8 Å². The number of hydrogen-bond acceptors (Lipinski definition) is 5. The first-order valence-electron chi connectivity index (χ1n) is 8.69. The number of rotatable bonds is 6. The molecule has 146 valence electrons. The molecule has 4 nitrogen and oxygen atoms in total. The van der Waals surface area contributed by atoms with Crippen LogP contribution in [0.1, 0.15) is 25.7 Å². The number of amides is 1. The molecule has 0 aliphatic carbocycles. The molecule has 1 fully saturated rings. The molecule has 0 saturated carbocycles. The lowest BCUT2D eigenvalue weighted by Gasteiger charge is -2.27. The van der Waals surface area contributed by atoms with E-state index in [1.54, 1.807) is 6.92 Å². The molecule has 0 atom stereocenters. The number of nitrogens with one attached hydrogen (secondary N) is 1. The van der Waals surface area contributed by atoms with Crippen LogP contribution in [0.2, 0.25) is 0 Å². The van der Waals surface area contributed by atoms with Crippen molar-refractivity contribution in [3.05, 3.63) is 45.1 Å². The van der Waals surface area contributed by atoms with Gasteiger partial charge in [-0.1, -0.05) is 12.1 Å². The maximum Gasteiger partial charge on any atom is 0.387 e. The summed E-state index contributed by atoms with van der Waals surface area (Å²) in [5.74, 6) is 1.77. The fraction of sp³-hybridized carbons (Fsp3) is 0.421. The van der Waals surface area contributed by atoms with Gasteiger partial charge in [0, 0.05) is 41.7 Å². The molecule has 0 radical (unpaired) electrons. The van der Waals surface area contributed by atoms with Crippen molar-refractivity contribution in [2.45, 2.75) is 27.0 Å². The first-order chi connectivity index (χ1) is 12.9. The summed E-state index contributed by atoms with van der Waals surface area (Å²) in [7, 11) is 0. The number of ether oxygens (including phenoxy) is 1. The van der Waals surface area contributed by atoms with E-state index in [2.05, 4.69) is 21.0 Å². The molecule has 1 saturated heterocycles. The zero-order chi connectivity index (χ0) is 19.4. The van der Waals surface area contributed by atoms with Gasteiger partial charge in [-0.05, 0) is 37.1 Å². The Morgan fingerprint density at radius 2 is 2.04 bits per heavy atom. The zero-order valence-electron chi connectivity index (χ0n) is 15.3. The van der Waals surface area contributed by atoms with Crippen LogP contribution >= 0.6 is 23.1 Å². The predicted molar refractivity (Wildman–Crippen MR) is 107 cm³/mol. The van der Waals surface area contributed by atoms with E-state index in [9.17, 15) is 13.6 Å². The molecule has 1 aliphatic rings. The molecule has 1 aliphatic heterocycles. The average molecular weight is 413 g/mol. The number of carbonyl (C=O) groups excluding carboxylic acids is 1. The smallest absolute Gasteiger partial charge is 0.387 e. The van der Waals surface area contributed by atoms with Crippen LogP contribution in [-0.2, 0) is 6.54 Å². The third-order valence-electron chi connectivity index (χ3n) is 4.44. The zero-order valence-corrected chi connectivity index (χ0v) is 16.9. The van der Waals surface area contributed by atoms with Gasteiger partial charge in [0.15, 0.2) is 0 Å². The third-order valence-corrected chi connectivity index (χ3v) is 6.41. The highest BCUT2D eigenvalue weighted by Gasteiger charge is 2.20. The third kappa shape index (κ3) is 5.21. The van der Waals surface area contributed by atoms with Crippen molar-refractivity contribution >= 4 is 34.7 Å². The van der Waals surface area contributed by atoms with E-state index in [1.165, 1.54) is 6.07 Å². The molecule has 3 rings (SSSR count). The summed E-state index contributed by atoms with van der Waals surface area (Å²) in [6.07, 6.45) is 0. The number of anilines is 1. The lowest BCUT2D eigenvalue weighted by Crippen LogP contribution is -2.32. The van der Waals surface area contributed by atoms with Crippen LogP contribution < -0.4 is 10.1 Å². The second kappa shape index (κ2) is 9.03. The minimum Gasteiger partial charge on any atom is -0.433 e. The highest BCUT2D eigenvalue weighted by molar-refractivity contribution is 7.99. The number of alkyl halides is 2. The molecule has 1 aromatic carbocycles. The standard InChI is InChI=1S/C19H22F2N2O2S2/c1-12-10-16(25-19(20)21)17(27-12)18(24)22-15-5-3-4-14(13(15)2)11-23-6-8-26-9-7-23/h3-5,10,19H,6-9,11H2,1-2H3,(H,22,24). The lowest BCUT2D eigenvalue weighted by atomic mass is 10.1. The number of benzene rings is 1. The number of halogens is 2. The average Bonchev–Trinajstić information content (AvgIpc) is 2.99. The molecule has 8 heteroatoms. The van der Waals surface area contributed by atoms with Gasteiger partial charge in [-0.2, -0.15) is 20.5 Å². The summed E-state index contributed by atoms with van der Waals surface area (Å²) >= 11 is 3.11. The van der Waals surface area contributed by atoms with E-state index >= 15 is 0 Å². The number of aryl methyl sites for hydroxylation is 1. The van der Waals surface area contributed by atoms with Crippen molar-refractivity contribution in [3.8, 4) is 5.75 Å². The molecule has 1 aromatic heterocycles. The second-order valence-corrected chi connectivity index (χ2v) is 8.84. The Bertz CT molecular complexity index is 805. The minimum absolute atomic E-state index is 0.0791. The summed E-state index contributed by atoms with van der Waals surface area (Å²) in [6.45, 7) is 3.72. The number of carbonyl (C=O) groups is 1. The first kappa shape index (κ1) is 20.1. The van der Waals surface area contributed by atoms with Gasteiger partial charge in [-0.25, -0.2) is 0 Å². The number of thiophene rings is 1. The van der Waals surface area contributed by atoms with E-state index in [4.69, 9.17) is 0 Å². The minimum atomic E-state index is -2.96. The van der Waals surface area contributed by atoms with Crippen molar-refractivity contribution in [3.63, 3.8) is 0 Å². The van der Waals surface area contributed by atoms with Crippen molar-refractivity contribution in [1.29, 1.82) is 0 Å². The molecule has 0 bridgehead atoms. The largest absolute Gasteiger partial charge is 0.433 e. The maximum atomic E-state index is 12.6. The Kier molecular flexibility index (Phi) is 6.73. The van der Waals surface area contributed by atoms with Gasteiger partial charge in [0.05, 0.1) is 0 Å². The van der Waals surface area contributed by atoms with Crippen molar-refractivity contribution in [1.82, 2.24) is 4.90 Å². The topological polar surface area (TPSA) is 41.6 Å². The molecule has 0 spiro atoms. The van der Waals surface area contributed by atoms with Crippen molar-refractivity contribution in [2.75, 3.05) is 29.9 Å². The molecule has 1 N–H and O–H groups in total. The summed E-state index contributed by atoms with van der Waals surface area (Å²) in [4.78, 5) is 15.9. The molecular formula is C19H22F2N2O2S2. The van der Waals surface area contributed by atoms with Crippen LogP contribution in [0.5, 0.6) is 5.75 Å². The van der Waals surface area contributed by atoms with Gasteiger partial charge in [0.2, 0.25) is 0 Å². The highest BCUT2D eigenvalue weighted by Crippen LogP contribution is 2.31. The van der Waals surface area contributed by atoms with Gasteiger partial charge in [0.25, 0.3) is 5.91 Å². The van der Waals surface area contributed by atoms with Crippen LogP contribution in [0.4, 0.5) is 14.5 Å². The quantitative estimate of drug-likeness (QED) is 0.742. The van der Waals surface area contributed by atoms with E-state index in [1.807, 2.05) is 30.8 Å². The molecule has 2 heterocycles. The fourth-order valence-corrected chi connectivity index (χ4v) is 4.82. The summed E-state index contributed by atoms with van der Waals surface area (Å²) in [5, 5.41) is 2.86. The Balaban J connectivity index is 1.75. The normalized spacial score (nSPS) is 15.1. The molecule has 27 heavy (non-hydrogen) atoms. The van der Waals surface area contributed by atoms with Gasteiger partial charge < -0.3 is 10.1 Å². The number of hydrogen-bond donors (Lipinski definition) is 1. The Morgan fingerprint density at radius 1 is 1.30 bits per heavy atom. The van der Waals surface area contributed by atoms with Crippen LogP contribution in [0.25, 0.3) is 0 Å². The summed E-state index contributed by atoms with van der Waals surface area (Å²) in [5.41, 5.74) is 2.85. The predicted octanol–water partition coefficient (Wildman–Crippen LogP) is 4.77. The van der Waals surface area contributed by atoms with Gasteiger partial charge in [-0.3, -0.25) is 9.69 Å². The molecular weight excluding hydrogens is 390 g/mol. The summed E-state index contributed by atoms with van der Waals surface area (Å²) < 4.78 is 29.7. The molecule has 1 amide bonds. The van der Waals surface area contributed by atoms with Gasteiger partial charge in [-0.15, -0.1) is 11.3 Å². The van der Waals surface area contributed by atoms with E-state index in [0.29, 0.717) is 5.69 Å². The van der Waals surface area contributed by atoms with E-state index < -0.39 is 12.5 Å². The van der Waals surface area contributed by atoms with Gasteiger partial charge >= 0.3 is 6.61 Å². The van der Waals surface area contributed by atoms with Crippen molar-refractivity contribution < 1.29 is 18.3 Å². The number of nitrogens with zero attached hydrogens (tertiary/aromatic N) is 1. The van der Waals surface area contributed by atoms with Crippen LogP contribution in [-0.4, -0.2) is 42.0 Å². The number of thioether (sulfide) groups is 1.